The zero-order chi connectivity index (χ0) is 22.6. The third-order valence-electron chi connectivity index (χ3n) is 6.02. The molecule has 0 bridgehead atoms. The molecule has 33 heavy (non-hydrogen) atoms. The van der Waals surface area contributed by atoms with Gasteiger partial charge in [0.15, 0.2) is 11.5 Å². The summed E-state index contributed by atoms with van der Waals surface area (Å²) in [6.07, 6.45) is 2.78. The summed E-state index contributed by atoms with van der Waals surface area (Å²) >= 11 is 0. The van der Waals surface area contributed by atoms with Gasteiger partial charge in [-0.15, -0.1) is 15.3 Å². The summed E-state index contributed by atoms with van der Waals surface area (Å²) in [5.41, 5.74) is 2.77. The van der Waals surface area contributed by atoms with E-state index < -0.39 is 0 Å². The van der Waals surface area contributed by atoms with Crippen LogP contribution < -0.4 is 5.32 Å². The number of likely N-dealkylation sites (tertiary alicyclic amines) is 1. The number of hydrogen-bond acceptors (Lipinski definition) is 6. The van der Waals surface area contributed by atoms with Gasteiger partial charge in [0.25, 0.3) is 0 Å². The van der Waals surface area contributed by atoms with Crippen LogP contribution in [0.4, 0.5) is 5.82 Å². The van der Waals surface area contributed by atoms with Crippen molar-refractivity contribution >= 4 is 17.4 Å². The van der Waals surface area contributed by atoms with Gasteiger partial charge in [-0.1, -0.05) is 42.5 Å². The summed E-state index contributed by atoms with van der Waals surface area (Å²) in [6.45, 7) is 1.48. The minimum atomic E-state index is 0.183. The smallest absolute Gasteiger partial charge is 0.226 e. The number of nitrogens with one attached hydrogen (secondary N) is 1. The number of rotatable bonds is 6. The Hall–Kier alpha value is -3.94. The van der Waals surface area contributed by atoms with Crippen molar-refractivity contribution in [3.8, 4) is 5.75 Å². The Morgan fingerprint density at radius 1 is 0.939 bits per heavy atom. The lowest BCUT2D eigenvalue weighted by Crippen LogP contribution is -2.43. The van der Waals surface area contributed by atoms with Gasteiger partial charge in [0, 0.05) is 25.6 Å². The Kier molecular flexibility index (Phi) is 5.89. The van der Waals surface area contributed by atoms with Gasteiger partial charge in [-0.25, -0.2) is 0 Å². The van der Waals surface area contributed by atoms with E-state index >= 15 is 0 Å². The van der Waals surface area contributed by atoms with Crippen molar-refractivity contribution in [3.05, 3.63) is 83.7 Å². The number of piperidine rings is 1. The largest absolute Gasteiger partial charge is 0.508 e. The first-order valence-corrected chi connectivity index (χ1v) is 11.2. The average Bonchev–Trinajstić information content (AvgIpc) is 3.23. The van der Waals surface area contributed by atoms with E-state index in [4.69, 9.17) is 5.10 Å². The maximum atomic E-state index is 12.6. The second kappa shape index (κ2) is 9.28. The van der Waals surface area contributed by atoms with E-state index in [1.54, 1.807) is 16.6 Å². The Labute approximate surface area is 191 Å². The van der Waals surface area contributed by atoms with Crippen molar-refractivity contribution in [3.63, 3.8) is 0 Å². The first-order chi connectivity index (χ1) is 16.1. The number of nitrogens with zero attached hydrogens (tertiary/aromatic N) is 5. The third-order valence-corrected chi connectivity index (χ3v) is 6.02. The lowest BCUT2D eigenvalue weighted by atomic mass is 10.0. The molecule has 0 aliphatic carbocycles. The number of aromatic nitrogens is 4. The Bertz CT molecular complexity index is 1230. The number of benzene rings is 2. The summed E-state index contributed by atoms with van der Waals surface area (Å²) in [6, 6.07) is 21.0. The minimum absolute atomic E-state index is 0.183. The van der Waals surface area contributed by atoms with Gasteiger partial charge in [0.2, 0.25) is 5.91 Å². The Morgan fingerprint density at radius 2 is 1.70 bits per heavy atom. The summed E-state index contributed by atoms with van der Waals surface area (Å²) in [5.74, 6) is 1.92. The zero-order valence-corrected chi connectivity index (χ0v) is 18.3. The molecule has 2 aromatic carbocycles. The molecule has 0 spiro atoms. The molecule has 8 heteroatoms. The fraction of sp³-hybridized carbons (Fsp3) is 0.280. The molecule has 0 atom stereocenters. The molecule has 4 aromatic rings. The van der Waals surface area contributed by atoms with Crippen molar-refractivity contribution in [2.75, 3.05) is 18.4 Å². The fourth-order valence-corrected chi connectivity index (χ4v) is 4.18. The standard InChI is InChI=1S/C25H26N6O2/c32-21-8-6-19(7-9-21)16-24-28-27-23-11-10-22(29-31(23)24)26-20-12-14-30(15-13-20)25(33)17-18-4-2-1-3-5-18/h1-11,20,32H,12-17H2,(H,26,29). The third kappa shape index (κ3) is 4.95. The van der Waals surface area contributed by atoms with Crippen LogP contribution in [0.5, 0.6) is 5.75 Å². The van der Waals surface area contributed by atoms with Crippen LogP contribution in [0.3, 0.4) is 0 Å². The van der Waals surface area contributed by atoms with Gasteiger partial charge in [0.05, 0.1) is 6.42 Å². The van der Waals surface area contributed by atoms with Crippen LogP contribution in [0.1, 0.15) is 29.8 Å². The minimum Gasteiger partial charge on any atom is -0.508 e. The number of carbonyl (C=O) groups is 1. The highest BCUT2D eigenvalue weighted by Gasteiger charge is 2.23. The molecule has 168 valence electrons. The van der Waals surface area contributed by atoms with Crippen molar-refractivity contribution in [2.24, 2.45) is 0 Å². The van der Waals surface area contributed by atoms with Crippen LogP contribution in [-0.2, 0) is 17.6 Å². The van der Waals surface area contributed by atoms with Gasteiger partial charge in [-0.3, -0.25) is 4.79 Å². The van der Waals surface area contributed by atoms with E-state index in [-0.39, 0.29) is 17.7 Å². The molecule has 2 aromatic heterocycles. The maximum absolute atomic E-state index is 12.6. The Morgan fingerprint density at radius 3 is 2.45 bits per heavy atom. The SMILES string of the molecule is O=C(Cc1ccccc1)N1CCC(Nc2ccc3nnc(Cc4ccc(O)cc4)n3n2)CC1. The lowest BCUT2D eigenvalue weighted by Gasteiger charge is -2.32. The highest BCUT2D eigenvalue weighted by atomic mass is 16.3. The normalized spacial score (nSPS) is 14.5. The van der Waals surface area contributed by atoms with Gasteiger partial charge in [-0.2, -0.15) is 4.52 Å². The molecule has 1 saturated heterocycles. The molecular formula is C25H26N6O2. The number of phenolic OH excluding ortho intramolecular Hbond substituents is 1. The van der Waals surface area contributed by atoms with E-state index in [1.165, 1.54) is 0 Å². The summed E-state index contributed by atoms with van der Waals surface area (Å²) in [7, 11) is 0. The topological polar surface area (TPSA) is 95.7 Å². The number of fused-ring (bicyclic) bond motifs is 1. The molecule has 1 aliphatic rings. The van der Waals surface area contributed by atoms with Gasteiger partial charge >= 0.3 is 0 Å². The van der Waals surface area contributed by atoms with Gasteiger partial charge in [-0.05, 0) is 48.2 Å². The Balaban J connectivity index is 1.20. The molecule has 1 amide bonds. The van der Waals surface area contributed by atoms with Crippen LogP contribution >= 0.6 is 0 Å². The summed E-state index contributed by atoms with van der Waals surface area (Å²) in [5, 5.41) is 26.2. The molecule has 0 unspecified atom stereocenters. The van der Waals surface area contributed by atoms with Crippen LogP contribution in [0.15, 0.2) is 66.7 Å². The molecule has 0 radical (unpaired) electrons. The molecular weight excluding hydrogens is 416 g/mol. The fourth-order valence-electron chi connectivity index (χ4n) is 4.18. The summed E-state index contributed by atoms with van der Waals surface area (Å²) < 4.78 is 1.76. The van der Waals surface area contributed by atoms with Crippen molar-refractivity contribution in [1.82, 2.24) is 24.7 Å². The van der Waals surface area contributed by atoms with Crippen LogP contribution in [0.25, 0.3) is 5.65 Å². The van der Waals surface area contributed by atoms with E-state index in [0.717, 1.165) is 48.7 Å². The summed E-state index contributed by atoms with van der Waals surface area (Å²) in [4.78, 5) is 14.6. The molecule has 2 N–H and O–H groups in total. The predicted molar refractivity (Wildman–Crippen MR) is 125 cm³/mol. The first kappa shape index (κ1) is 20.9. The number of amides is 1. The van der Waals surface area contributed by atoms with Crippen LogP contribution in [0, 0.1) is 0 Å². The average molecular weight is 443 g/mol. The number of hydrogen-bond donors (Lipinski definition) is 2. The second-order valence-electron chi connectivity index (χ2n) is 8.41. The van der Waals surface area contributed by atoms with Crippen LogP contribution in [-0.4, -0.2) is 54.9 Å². The van der Waals surface area contributed by atoms with E-state index in [9.17, 15) is 9.90 Å². The molecule has 1 aliphatic heterocycles. The number of aromatic hydroxyl groups is 1. The number of anilines is 1. The maximum Gasteiger partial charge on any atom is 0.226 e. The monoisotopic (exact) mass is 442 g/mol. The molecule has 0 saturated carbocycles. The van der Waals surface area contributed by atoms with Crippen molar-refractivity contribution in [1.29, 1.82) is 0 Å². The number of phenols is 1. The predicted octanol–water partition coefficient (Wildman–Crippen LogP) is 3.07. The highest BCUT2D eigenvalue weighted by molar-refractivity contribution is 5.78. The lowest BCUT2D eigenvalue weighted by molar-refractivity contribution is -0.131. The molecule has 8 nitrogen and oxygen atoms in total. The van der Waals surface area contributed by atoms with Gasteiger partial charge in [0.1, 0.15) is 11.6 Å². The van der Waals surface area contributed by atoms with E-state index in [1.807, 2.05) is 59.5 Å². The van der Waals surface area contributed by atoms with Crippen molar-refractivity contribution in [2.45, 2.75) is 31.7 Å². The molecule has 1 fully saturated rings. The second-order valence-corrected chi connectivity index (χ2v) is 8.41. The quantitative estimate of drug-likeness (QED) is 0.477. The van der Waals surface area contributed by atoms with E-state index in [2.05, 4.69) is 15.5 Å². The first-order valence-electron chi connectivity index (χ1n) is 11.2. The zero-order valence-electron chi connectivity index (χ0n) is 18.3. The van der Waals surface area contributed by atoms with E-state index in [0.29, 0.717) is 18.5 Å². The number of carbonyl (C=O) groups excluding carboxylic acids is 1. The van der Waals surface area contributed by atoms with Crippen LogP contribution in [0.2, 0.25) is 0 Å². The van der Waals surface area contributed by atoms with Crippen molar-refractivity contribution < 1.29 is 9.90 Å². The molecule has 5 rings (SSSR count). The molecule has 3 heterocycles. The van der Waals surface area contributed by atoms with Gasteiger partial charge < -0.3 is 15.3 Å². The highest BCUT2D eigenvalue weighted by Crippen LogP contribution is 2.18.